The summed E-state index contributed by atoms with van der Waals surface area (Å²) in [6, 6.07) is 7.25. The Labute approximate surface area is 95.2 Å². The number of benzene rings is 1. The molecule has 16 heavy (non-hydrogen) atoms. The Kier molecular flexibility index (Phi) is 2.90. The summed E-state index contributed by atoms with van der Waals surface area (Å²) >= 11 is 0. The first-order chi connectivity index (χ1) is 7.46. The van der Waals surface area contributed by atoms with Crippen LogP contribution in [0.1, 0.15) is 5.56 Å². The van der Waals surface area contributed by atoms with Crippen molar-refractivity contribution in [2.45, 2.75) is 19.1 Å². The molecule has 88 valence electrons. The van der Waals surface area contributed by atoms with Crippen molar-refractivity contribution in [3.63, 3.8) is 0 Å². The quantitative estimate of drug-likeness (QED) is 0.794. The van der Waals surface area contributed by atoms with Gasteiger partial charge in [-0.15, -0.1) is 0 Å². The molecule has 0 aliphatic carbocycles. The van der Waals surface area contributed by atoms with E-state index in [2.05, 4.69) is 5.32 Å². The van der Waals surface area contributed by atoms with Crippen LogP contribution in [0.2, 0.25) is 0 Å². The third kappa shape index (κ3) is 2.54. The van der Waals surface area contributed by atoms with E-state index in [0.29, 0.717) is 0 Å². The monoisotopic (exact) mass is 241 g/mol. The van der Waals surface area contributed by atoms with Gasteiger partial charge in [0.2, 0.25) is 0 Å². The van der Waals surface area contributed by atoms with Gasteiger partial charge in [0.1, 0.15) is 0 Å². The Morgan fingerprint density at radius 1 is 1.25 bits per heavy atom. The molecule has 1 fully saturated rings. The lowest BCUT2D eigenvalue weighted by molar-refractivity contribution is 0.190. The van der Waals surface area contributed by atoms with E-state index < -0.39 is 22.0 Å². The predicted octanol–water partition coefficient (Wildman–Crippen LogP) is 0.565. The van der Waals surface area contributed by atoms with E-state index in [0.717, 1.165) is 11.3 Å². The maximum atomic E-state index is 11.3. The minimum atomic E-state index is -3.09. The maximum absolute atomic E-state index is 11.3. The zero-order chi connectivity index (χ0) is 11.8. The van der Waals surface area contributed by atoms with Gasteiger partial charge in [-0.1, -0.05) is 17.7 Å². The average molecular weight is 241 g/mol. The van der Waals surface area contributed by atoms with Gasteiger partial charge in [0.15, 0.2) is 9.84 Å². The minimum absolute atomic E-state index is 0.00203. The smallest absolute Gasteiger partial charge is 0.155 e. The number of rotatable bonds is 2. The number of hydrogen-bond donors (Lipinski definition) is 2. The largest absolute Gasteiger partial charge is 0.390 e. The van der Waals surface area contributed by atoms with Crippen molar-refractivity contribution in [3.8, 4) is 0 Å². The number of aliphatic hydroxyl groups is 1. The van der Waals surface area contributed by atoms with E-state index in [1.165, 1.54) is 0 Å². The van der Waals surface area contributed by atoms with Crippen LogP contribution in [0.15, 0.2) is 24.3 Å². The summed E-state index contributed by atoms with van der Waals surface area (Å²) in [6.07, 6.45) is -0.814. The zero-order valence-electron chi connectivity index (χ0n) is 9.05. The van der Waals surface area contributed by atoms with Gasteiger partial charge >= 0.3 is 0 Å². The summed E-state index contributed by atoms with van der Waals surface area (Å²) < 4.78 is 22.6. The molecule has 1 aromatic rings. The second-order valence-electron chi connectivity index (χ2n) is 4.26. The van der Waals surface area contributed by atoms with Crippen LogP contribution in [0, 0.1) is 6.92 Å². The summed E-state index contributed by atoms with van der Waals surface area (Å²) in [5.41, 5.74) is 1.98. The number of nitrogens with one attached hydrogen (secondary N) is 1. The highest BCUT2D eigenvalue weighted by atomic mass is 32.2. The SMILES string of the molecule is Cc1ccc(N[C@@H]2CS(=O)(=O)C[C@H]2O)cc1. The number of aliphatic hydroxyl groups excluding tert-OH is 1. The molecule has 0 aromatic heterocycles. The van der Waals surface area contributed by atoms with Crippen LogP contribution >= 0.6 is 0 Å². The van der Waals surface area contributed by atoms with Crippen molar-refractivity contribution in [1.29, 1.82) is 0 Å². The van der Waals surface area contributed by atoms with Gasteiger partial charge in [-0.3, -0.25) is 0 Å². The fourth-order valence-electron chi connectivity index (χ4n) is 1.83. The first-order valence-electron chi connectivity index (χ1n) is 5.18. The highest BCUT2D eigenvalue weighted by molar-refractivity contribution is 7.91. The molecule has 2 rings (SSSR count). The molecule has 1 aliphatic rings. The molecule has 0 unspecified atom stereocenters. The summed E-state index contributed by atoms with van der Waals surface area (Å²) in [5, 5.41) is 12.6. The van der Waals surface area contributed by atoms with Crippen molar-refractivity contribution in [2.75, 3.05) is 16.8 Å². The third-order valence-corrected chi connectivity index (χ3v) is 4.44. The zero-order valence-corrected chi connectivity index (χ0v) is 9.87. The van der Waals surface area contributed by atoms with Crippen molar-refractivity contribution >= 4 is 15.5 Å². The lowest BCUT2D eigenvalue weighted by Crippen LogP contribution is -2.31. The van der Waals surface area contributed by atoms with E-state index in [1.54, 1.807) is 0 Å². The fraction of sp³-hybridized carbons (Fsp3) is 0.455. The van der Waals surface area contributed by atoms with Crippen molar-refractivity contribution < 1.29 is 13.5 Å². The van der Waals surface area contributed by atoms with Crippen molar-refractivity contribution in [2.24, 2.45) is 0 Å². The molecule has 2 N–H and O–H groups in total. The molecule has 5 heteroatoms. The fourth-order valence-corrected chi connectivity index (χ4v) is 3.57. The molecule has 0 bridgehead atoms. The Bertz CT molecular complexity index is 467. The molecule has 2 atom stereocenters. The standard InChI is InChI=1S/C11H15NO3S/c1-8-2-4-9(5-3-8)12-10-6-16(14,15)7-11(10)13/h2-5,10-13H,6-7H2,1H3/t10-,11-/m1/s1. The van der Waals surface area contributed by atoms with Crippen LogP contribution in [-0.2, 0) is 9.84 Å². The van der Waals surface area contributed by atoms with Crippen LogP contribution in [0.3, 0.4) is 0 Å². The minimum Gasteiger partial charge on any atom is -0.390 e. The van der Waals surface area contributed by atoms with E-state index in [9.17, 15) is 13.5 Å². The van der Waals surface area contributed by atoms with Crippen LogP contribution < -0.4 is 5.32 Å². The number of sulfone groups is 1. The highest BCUT2D eigenvalue weighted by Gasteiger charge is 2.36. The summed E-state index contributed by atoms with van der Waals surface area (Å²) in [6.45, 7) is 1.98. The molecule has 0 spiro atoms. The molecular weight excluding hydrogens is 226 g/mol. The Morgan fingerprint density at radius 2 is 1.88 bits per heavy atom. The van der Waals surface area contributed by atoms with Gasteiger partial charge in [0.05, 0.1) is 23.7 Å². The van der Waals surface area contributed by atoms with Gasteiger partial charge in [-0.05, 0) is 19.1 Å². The molecule has 0 radical (unpaired) electrons. The van der Waals surface area contributed by atoms with Gasteiger partial charge in [-0.2, -0.15) is 0 Å². The second-order valence-corrected chi connectivity index (χ2v) is 6.41. The topological polar surface area (TPSA) is 66.4 Å². The van der Waals surface area contributed by atoms with E-state index in [-0.39, 0.29) is 11.5 Å². The first kappa shape index (κ1) is 11.4. The molecule has 0 amide bonds. The van der Waals surface area contributed by atoms with Gasteiger partial charge < -0.3 is 10.4 Å². The third-order valence-electron chi connectivity index (χ3n) is 2.73. The van der Waals surface area contributed by atoms with Gasteiger partial charge in [0.25, 0.3) is 0 Å². The molecule has 1 aliphatic heterocycles. The lowest BCUT2D eigenvalue weighted by atomic mass is 10.2. The van der Waals surface area contributed by atoms with Crippen LogP contribution in [0.5, 0.6) is 0 Å². The molecular formula is C11H15NO3S. The highest BCUT2D eigenvalue weighted by Crippen LogP contribution is 2.18. The molecule has 4 nitrogen and oxygen atoms in total. The summed E-state index contributed by atoms with van der Waals surface area (Å²) in [7, 11) is -3.09. The van der Waals surface area contributed by atoms with E-state index in [4.69, 9.17) is 0 Å². The van der Waals surface area contributed by atoms with Crippen molar-refractivity contribution in [1.82, 2.24) is 0 Å². The van der Waals surface area contributed by atoms with Gasteiger partial charge in [-0.25, -0.2) is 8.42 Å². The van der Waals surface area contributed by atoms with Crippen LogP contribution in [0.4, 0.5) is 5.69 Å². The second kappa shape index (κ2) is 4.07. The van der Waals surface area contributed by atoms with E-state index in [1.807, 2.05) is 31.2 Å². The Balaban J connectivity index is 2.08. The predicted molar refractivity (Wildman–Crippen MR) is 63.3 cm³/mol. The molecule has 1 saturated heterocycles. The lowest BCUT2D eigenvalue weighted by Gasteiger charge is -2.16. The van der Waals surface area contributed by atoms with Crippen molar-refractivity contribution in [3.05, 3.63) is 29.8 Å². The summed E-state index contributed by atoms with van der Waals surface area (Å²) in [4.78, 5) is 0. The average Bonchev–Trinajstić information content (AvgIpc) is 2.44. The van der Waals surface area contributed by atoms with E-state index >= 15 is 0 Å². The number of hydrogen-bond acceptors (Lipinski definition) is 4. The van der Waals surface area contributed by atoms with Crippen LogP contribution in [-0.4, -0.2) is 37.2 Å². The Morgan fingerprint density at radius 3 is 2.38 bits per heavy atom. The first-order valence-corrected chi connectivity index (χ1v) is 7.00. The maximum Gasteiger partial charge on any atom is 0.155 e. The van der Waals surface area contributed by atoms with Gasteiger partial charge in [0, 0.05) is 5.69 Å². The molecule has 1 aromatic carbocycles. The molecule has 0 saturated carbocycles. The number of aryl methyl sites for hydroxylation is 1. The molecule has 1 heterocycles. The number of anilines is 1. The normalized spacial score (nSPS) is 27.9. The van der Waals surface area contributed by atoms with Crippen LogP contribution in [0.25, 0.3) is 0 Å². The Hall–Kier alpha value is -1.07. The summed E-state index contributed by atoms with van der Waals surface area (Å²) in [5.74, 6) is -0.140.